The summed E-state index contributed by atoms with van der Waals surface area (Å²) in [5.74, 6) is -2.03. The molecular formula is C14H11BF3N3O6S. The van der Waals surface area contributed by atoms with Crippen molar-refractivity contribution in [2.75, 3.05) is 7.11 Å². The van der Waals surface area contributed by atoms with Gasteiger partial charge in [-0.05, 0) is 29.4 Å². The zero-order valence-electron chi connectivity index (χ0n) is 13.9. The first-order chi connectivity index (χ1) is 13.1. The molecule has 1 aromatic carbocycles. The number of rotatable bonds is 5. The first-order valence-electron chi connectivity index (χ1n) is 7.25. The maximum atomic E-state index is 12.5. The second-order valence-corrected chi connectivity index (χ2v) is 5.99. The number of amides is 1. The molecule has 28 heavy (non-hydrogen) atoms. The average Bonchev–Trinajstić information content (AvgIpc) is 2.94. The number of nitrogens with one attached hydrogen (secondary N) is 1. The lowest BCUT2D eigenvalue weighted by Gasteiger charge is -2.12. The summed E-state index contributed by atoms with van der Waals surface area (Å²) in [5.41, 5.74) is -0.345. The van der Waals surface area contributed by atoms with E-state index in [1.54, 1.807) is 0 Å². The summed E-state index contributed by atoms with van der Waals surface area (Å²) in [6.07, 6.45) is -3.17. The van der Waals surface area contributed by atoms with Gasteiger partial charge in [-0.25, -0.2) is 4.79 Å². The molecule has 0 unspecified atom stereocenters. The summed E-state index contributed by atoms with van der Waals surface area (Å²) in [6.45, 7) is 0. The van der Waals surface area contributed by atoms with Crippen molar-refractivity contribution in [2.24, 2.45) is 10.2 Å². The minimum atomic E-state index is -4.98. The molecule has 1 heterocycles. The topological polar surface area (TPSA) is 130 Å². The Morgan fingerprint density at radius 1 is 1.36 bits per heavy atom. The van der Waals surface area contributed by atoms with E-state index >= 15 is 0 Å². The van der Waals surface area contributed by atoms with Gasteiger partial charge < -0.3 is 19.5 Å². The van der Waals surface area contributed by atoms with Gasteiger partial charge in [0.25, 0.3) is 5.91 Å². The molecule has 0 atom stereocenters. The number of alkyl halides is 3. The number of carbonyl (C=O) groups excluding carboxylic acids is 2. The van der Waals surface area contributed by atoms with Gasteiger partial charge in [0.1, 0.15) is 5.75 Å². The Morgan fingerprint density at radius 2 is 2.07 bits per heavy atom. The van der Waals surface area contributed by atoms with Crippen LogP contribution in [-0.2, 0) is 14.3 Å². The third-order valence-corrected chi connectivity index (χ3v) is 3.90. The Hall–Kier alpha value is -2.84. The number of methoxy groups -OCH3 is 1. The van der Waals surface area contributed by atoms with E-state index in [0.717, 1.165) is 49.4 Å². The lowest BCUT2D eigenvalue weighted by molar-refractivity contribution is -0.274. The van der Waals surface area contributed by atoms with Crippen LogP contribution in [0.1, 0.15) is 5.56 Å². The minimum Gasteiger partial charge on any atom is -0.466 e. The number of esters is 1. The van der Waals surface area contributed by atoms with Crippen LogP contribution in [0.3, 0.4) is 0 Å². The van der Waals surface area contributed by atoms with Crippen molar-refractivity contribution in [2.45, 2.75) is 6.36 Å². The summed E-state index contributed by atoms with van der Waals surface area (Å²) in [4.78, 5) is 22.8. The Morgan fingerprint density at radius 3 is 2.68 bits per heavy atom. The standard InChI is InChI=1S/C14H11BF3N3O6S/c1-26-11(22)5-10-12(23)20-13(28-10)21-19-6-7-4-8(15(24)25)2-3-9(7)27-14(16,17)18/h2-6,24-25H,1H3,(H,20,21,23)/b10-5+,19-6?. The highest BCUT2D eigenvalue weighted by Gasteiger charge is 2.32. The van der Waals surface area contributed by atoms with Crippen molar-refractivity contribution in [3.63, 3.8) is 0 Å². The second kappa shape index (κ2) is 8.90. The van der Waals surface area contributed by atoms with Crippen molar-refractivity contribution >= 4 is 47.6 Å². The van der Waals surface area contributed by atoms with E-state index in [1.165, 1.54) is 0 Å². The highest BCUT2D eigenvalue weighted by atomic mass is 32.2. The fourth-order valence-corrected chi connectivity index (χ4v) is 2.57. The highest BCUT2D eigenvalue weighted by molar-refractivity contribution is 8.18. The fourth-order valence-electron chi connectivity index (χ4n) is 1.83. The molecule has 0 saturated carbocycles. The number of amidine groups is 1. The van der Waals surface area contributed by atoms with Gasteiger partial charge in [0.15, 0.2) is 5.17 Å². The Kier molecular flexibility index (Phi) is 6.82. The van der Waals surface area contributed by atoms with E-state index in [2.05, 4.69) is 25.0 Å². The quantitative estimate of drug-likeness (QED) is 0.200. The molecule has 1 fully saturated rings. The molecule has 2 rings (SSSR count). The number of nitrogens with zero attached hydrogens (tertiary/aromatic N) is 2. The maximum absolute atomic E-state index is 12.5. The molecule has 1 saturated heterocycles. The molecule has 0 radical (unpaired) electrons. The van der Waals surface area contributed by atoms with Crippen LogP contribution in [0.5, 0.6) is 5.75 Å². The smallest absolute Gasteiger partial charge is 0.466 e. The number of halogens is 3. The SMILES string of the molecule is COC(=O)/C=C1/S/C(=N\N=Cc2cc(B(O)O)ccc2OC(F)(F)F)NC1=O. The first kappa shape index (κ1) is 21.5. The van der Waals surface area contributed by atoms with Crippen molar-refractivity contribution in [3.8, 4) is 5.75 Å². The number of benzene rings is 1. The number of thioether (sulfide) groups is 1. The van der Waals surface area contributed by atoms with Gasteiger partial charge in [-0.3, -0.25) is 10.1 Å². The Balaban J connectivity index is 2.24. The monoisotopic (exact) mass is 417 g/mol. The predicted octanol–water partition coefficient (Wildman–Crippen LogP) is -0.125. The van der Waals surface area contributed by atoms with Crippen LogP contribution < -0.4 is 15.5 Å². The molecule has 0 bridgehead atoms. The molecule has 0 aromatic heterocycles. The molecule has 1 aromatic rings. The highest BCUT2D eigenvalue weighted by Crippen LogP contribution is 2.25. The summed E-state index contributed by atoms with van der Waals surface area (Å²) >= 11 is 0.764. The molecule has 1 amide bonds. The number of hydrogen-bond acceptors (Lipinski definition) is 9. The molecule has 14 heteroatoms. The minimum absolute atomic E-state index is 0.00714. The third-order valence-electron chi connectivity index (χ3n) is 3.00. The number of hydrogen-bond donors (Lipinski definition) is 3. The van der Waals surface area contributed by atoms with E-state index in [-0.39, 0.29) is 21.1 Å². The van der Waals surface area contributed by atoms with Gasteiger partial charge >= 0.3 is 19.5 Å². The van der Waals surface area contributed by atoms with E-state index in [4.69, 9.17) is 10.0 Å². The molecule has 1 aliphatic rings. The van der Waals surface area contributed by atoms with Crippen LogP contribution in [0.2, 0.25) is 0 Å². The van der Waals surface area contributed by atoms with Crippen LogP contribution in [0.15, 0.2) is 39.4 Å². The molecule has 0 aliphatic carbocycles. The molecule has 148 valence electrons. The van der Waals surface area contributed by atoms with Crippen molar-refractivity contribution in [1.29, 1.82) is 0 Å². The van der Waals surface area contributed by atoms with Gasteiger partial charge in [-0.1, -0.05) is 6.07 Å². The summed E-state index contributed by atoms with van der Waals surface area (Å²) in [5, 5.41) is 27.7. The Labute approximate surface area is 160 Å². The lowest BCUT2D eigenvalue weighted by Crippen LogP contribution is -2.30. The van der Waals surface area contributed by atoms with Crippen LogP contribution in [0.4, 0.5) is 13.2 Å². The summed E-state index contributed by atoms with van der Waals surface area (Å²) < 4.78 is 45.7. The van der Waals surface area contributed by atoms with Crippen LogP contribution in [-0.4, -0.2) is 53.9 Å². The predicted molar refractivity (Wildman–Crippen MR) is 93.8 cm³/mol. The number of carbonyl (C=O) groups is 2. The first-order valence-corrected chi connectivity index (χ1v) is 8.06. The average molecular weight is 417 g/mol. The largest absolute Gasteiger partial charge is 0.573 e. The van der Waals surface area contributed by atoms with E-state index in [0.29, 0.717) is 0 Å². The van der Waals surface area contributed by atoms with Crippen LogP contribution in [0, 0.1) is 0 Å². The maximum Gasteiger partial charge on any atom is 0.573 e. The fraction of sp³-hybridized carbons (Fsp3) is 0.143. The second-order valence-electron chi connectivity index (χ2n) is 4.96. The third kappa shape index (κ3) is 6.11. The molecular weight excluding hydrogens is 406 g/mol. The van der Waals surface area contributed by atoms with E-state index in [1.807, 2.05) is 0 Å². The van der Waals surface area contributed by atoms with Crippen molar-refractivity contribution in [1.82, 2.24) is 5.32 Å². The molecule has 9 nitrogen and oxygen atoms in total. The van der Waals surface area contributed by atoms with E-state index in [9.17, 15) is 22.8 Å². The molecule has 0 spiro atoms. The zero-order chi connectivity index (χ0) is 20.9. The number of ether oxygens (including phenoxy) is 2. The van der Waals surface area contributed by atoms with Crippen molar-refractivity contribution in [3.05, 3.63) is 34.7 Å². The summed E-state index contributed by atoms with van der Waals surface area (Å²) in [7, 11) is -0.789. The van der Waals surface area contributed by atoms with E-state index < -0.39 is 31.1 Å². The van der Waals surface area contributed by atoms with Crippen molar-refractivity contribution < 1.29 is 42.3 Å². The van der Waals surface area contributed by atoms with Gasteiger partial charge in [-0.15, -0.1) is 18.3 Å². The van der Waals surface area contributed by atoms with Crippen LogP contribution in [0.25, 0.3) is 0 Å². The van der Waals surface area contributed by atoms with Gasteiger partial charge in [0.2, 0.25) is 0 Å². The van der Waals surface area contributed by atoms with Crippen LogP contribution >= 0.6 is 11.8 Å². The molecule has 3 N–H and O–H groups in total. The van der Waals surface area contributed by atoms with Gasteiger partial charge in [0.05, 0.1) is 18.2 Å². The van der Waals surface area contributed by atoms with Gasteiger partial charge in [0, 0.05) is 11.6 Å². The van der Waals surface area contributed by atoms with Gasteiger partial charge in [-0.2, -0.15) is 5.10 Å². The lowest BCUT2D eigenvalue weighted by atomic mass is 9.79. The zero-order valence-corrected chi connectivity index (χ0v) is 14.7. The summed E-state index contributed by atoms with van der Waals surface area (Å²) in [6, 6.07) is 2.93. The normalized spacial score (nSPS) is 17.3. The molecule has 1 aliphatic heterocycles. The Bertz CT molecular complexity index is 872.